The normalized spacial score (nSPS) is 20.8. The molecule has 144 valence electrons. The summed E-state index contributed by atoms with van der Waals surface area (Å²) in [5, 5.41) is 7.66. The molecule has 9 heteroatoms. The van der Waals surface area contributed by atoms with Crippen LogP contribution in [0.2, 0.25) is 0 Å². The average molecular weight is 385 g/mol. The van der Waals surface area contributed by atoms with Crippen LogP contribution in [0.15, 0.2) is 24.3 Å². The Bertz CT molecular complexity index is 769. The first-order chi connectivity index (χ1) is 12.2. The van der Waals surface area contributed by atoms with Gasteiger partial charge in [-0.1, -0.05) is 32.4 Å². The Hall–Kier alpha value is -2.16. The van der Waals surface area contributed by atoms with Gasteiger partial charge in [-0.2, -0.15) is 0 Å². The number of urea groups is 1. The van der Waals surface area contributed by atoms with Gasteiger partial charge in [-0.25, -0.2) is 17.6 Å². The minimum atomic E-state index is -3.12. The SMILES string of the molecule is CC[C@@H](C)[C@H](NC(=O)NC1CCS(=O)(=O)C1)C(=O)Nc1ccccc1F. The Labute approximate surface area is 152 Å². The van der Waals surface area contributed by atoms with Gasteiger partial charge in [0.15, 0.2) is 9.84 Å². The summed E-state index contributed by atoms with van der Waals surface area (Å²) < 4.78 is 36.7. The number of sulfone groups is 1. The largest absolute Gasteiger partial charge is 0.334 e. The van der Waals surface area contributed by atoms with Crippen molar-refractivity contribution in [1.29, 1.82) is 0 Å². The van der Waals surface area contributed by atoms with Gasteiger partial charge < -0.3 is 16.0 Å². The van der Waals surface area contributed by atoms with Gasteiger partial charge in [0.05, 0.1) is 17.2 Å². The molecule has 3 atom stereocenters. The molecule has 1 unspecified atom stereocenters. The van der Waals surface area contributed by atoms with Crippen LogP contribution >= 0.6 is 0 Å². The van der Waals surface area contributed by atoms with Crippen LogP contribution in [0.5, 0.6) is 0 Å². The molecule has 1 heterocycles. The number of hydrogen-bond acceptors (Lipinski definition) is 4. The summed E-state index contributed by atoms with van der Waals surface area (Å²) in [5.41, 5.74) is 0.0369. The van der Waals surface area contributed by atoms with E-state index in [2.05, 4.69) is 16.0 Å². The van der Waals surface area contributed by atoms with Crippen molar-refractivity contribution in [1.82, 2.24) is 10.6 Å². The van der Waals surface area contributed by atoms with E-state index in [0.717, 1.165) is 0 Å². The topological polar surface area (TPSA) is 104 Å². The third-order valence-electron chi connectivity index (χ3n) is 4.48. The van der Waals surface area contributed by atoms with Crippen LogP contribution < -0.4 is 16.0 Å². The van der Waals surface area contributed by atoms with E-state index in [1.165, 1.54) is 18.2 Å². The van der Waals surface area contributed by atoms with Crippen molar-refractivity contribution in [3.05, 3.63) is 30.1 Å². The second-order valence-electron chi connectivity index (χ2n) is 6.55. The van der Waals surface area contributed by atoms with Crippen molar-refractivity contribution in [2.75, 3.05) is 16.8 Å². The summed E-state index contributed by atoms with van der Waals surface area (Å²) in [6, 6.07) is 3.82. The van der Waals surface area contributed by atoms with Crippen LogP contribution in [-0.2, 0) is 14.6 Å². The molecule has 0 radical (unpaired) electrons. The van der Waals surface area contributed by atoms with E-state index in [9.17, 15) is 22.4 Å². The van der Waals surface area contributed by atoms with Gasteiger partial charge in [-0.3, -0.25) is 4.79 Å². The lowest BCUT2D eigenvalue weighted by Crippen LogP contribution is -2.53. The Balaban J connectivity index is 2.01. The van der Waals surface area contributed by atoms with E-state index in [0.29, 0.717) is 12.8 Å². The molecule has 3 amide bonds. The summed E-state index contributed by atoms with van der Waals surface area (Å²) in [6.45, 7) is 3.67. The summed E-state index contributed by atoms with van der Waals surface area (Å²) >= 11 is 0. The van der Waals surface area contributed by atoms with Gasteiger partial charge in [0.2, 0.25) is 5.91 Å². The maximum atomic E-state index is 13.7. The van der Waals surface area contributed by atoms with E-state index in [1.54, 1.807) is 13.0 Å². The summed E-state index contributed by atoms with van der Waals surface area (Å²) in [4.78, 5) is 24.7. The lowest BCUT2D eigenvalue weighted by atomic mass is 9.98. The first kappa shape index (κ1) is 20.2. The zero-order valence-electron chi connectivity index (χ0n) is 14.8. The molecule has 1 aromatic carbocycles. The third-order valence-corrected chi connectivity index (χ3v) is 6.25. The zero-order valence-corrected chi connectivity index (χ0v) is 15.6. The fraction of sp³-hybridized carbons (Fsp3) is 0.529. The predicted octanol–water partition coefficient (Wildman–Crippen LogP) is 1.67. The Kier molecular flexibility index (Phi) is 6.57. The number of para-hydroxylation sites is 1. The lowest BCUT2D eigenvalue weighted by Gasteiger charge is -2.24. The molecule has 0 aliphatic carbocycles. The van der Waals surface area contributed by atoms with Gasteiger partial charge in [-0.05, 0) is 24.5 Å². The van der Waals surface area contributed by atoms with Crippen molar-refractivity contribution < 1.29 is 22.4 Å². The highest BCUT2D eigenvalue weighted by atomic mass is 32.2. The van der Waals surface area contributed by atoms with Crippen LogP contribution in [0.25, 0.3) is 0 Å². The highest BCUT2D eigenvalue weighted by Crippen LogP contribution is 2.16. The summed E-state index contributed by atoms with van der Waals surface area (Å²) in [5.74, 6) is -1.35. The number of nitrogens with one attached hydrogen (secondary N) is 3. The van der Waals surface area contributed by atoms with E-state index in [4.69, 9.17) is 0 Å². The molecule has 0 aromatic heterocycles. The van der Waals surface area contributed by atoms with Crippen molar-refractivity contribution in [3.63, 3.8) is 0 Å². The average Bonchev–Trinajstić information content (AvgIpc) is 2.92. The first-order valence-electron chi connectivity index (χ1n) is 8.54. The fourth-order valence-electron chi connectivity index (χ4n) is 2.75. The molecule has 1 aliphatic rings. The lowest BCUT2D eigenvalue weighted by molar-refractivity contribution is -0.119. The number of anilines is 1. The zero-order chi connectivity index (χ0) is 19.3. The van der Waals surface area contributed by atoms with Crippen LogP contribution in [-0.4, -0.2) is 43.9 Å². The number of carbonyl (C=O) groups excluding carboxylic acids is 2. The van der Waals surface area contributed by atoms with Gasteiger partial charge in [-0.15, -0.1) is 0 Å². The molecule has 0 bridgehead atoms. The Morgan fingerprint density at radius 2 is 2.00 bits per heavy atom. The molecule has 1 fully saturated rings. The highest BCUT2D eigenvalue weighted by molar-refractivity contribution is 7.91. The number of carbonyl (C=O) groups is 2. The number of rotatable bonds is 6. The molecule has 0 spiro atoms. The van der Waals surface area contributed by atoms with Crippen molar-refractivity contribution in [2.45, 2.75) is 38.8 Å². The molecule has 0 saturated carbocycles. The highest BCUT2D eigenvalue weighted by Gasteiger charge is 2.31. The van der Waals surface area contributed by atoms with Crippen molar-refractivity contribution >= 4 is 27.5 Å². The Morgan fingerprint density at radius 3 is 2.58 bits per heavy atom. The number of amides is 3. The molecule has 3 N–H and O–H groups in total. The molecule has 1 aliphatic heterocycles. The van der Waals surface area contributed by atoms with E-state index in [-0.39, 0.29) is 23.1 Å². The van der Waals surface area contributed by atoms with Crippen LogP contribution in [0.3, 0.4) is 0 Å². The van der Waals surface area contributed by atoms with Gasteiger partial charge in [0.25, 0.3) is 0 Å². The molecule has 1 aromatic rings. The molecule has 2 rings (SSSR count). The van der Waals surface area contributed by atoms with Crippen LogP contribution in [0.4, 0.5) is 14.9 Å². The molecule has 26 heavy (non-hydrogen) atoms. The quantitative estimate of drug-likeness (QED) is 0.693. The standard InChI is InChI=1S/C17H24FN3O4S/c1-3-11(2)15(16(22)20-14-7-5-4-6-13(14)18)21-17(23)19-12-8-9-26(24,25)10-12/h4-7,11-12,15H,3,8-10H2,1-2H3,(H,20,22)(H2,19,21,23)/t11-,12?,15+/m1/s1. The van der Waals surface area contributed by atoms with Crippen LogP contribution in [0.1, 0.15) is 26.7 Å². The predicted molar refractivity (Wildman–Crippen MR) is 97.0 cm³/mol. The maximum Gasteiger partial charge on any atom is 0.315 e. The monoisotopic (exact) mass is 385 g/mol. The van der Waals surface area contributed by atoms with E-state index >= 15 is 0 Å². The number of benzene rings is 1. The number of halogens is 1. The van der Waals surface area contributed by atoms with Gasteiger partial charge >= 0.3 is 6.03 Å². The smallest absolute Gasteiger partial charge is 0.315 e. The second kappa shape index (κ2) is 8.48. The minimum absolute atomic E-state index is 0.0369. The molecular weight excluding hydrogens is 361 g/mol. The van der Waals surface area contributed by atoms with Crippen molar-refractivity contribution in [3.8, 4) is 0 Å². The maximum absolute atomic E-state index is 13.7. The molecule has 7 nitrogen and oxygen atoms in total. The van der Waals surface area contributed by atoms with E-state index < -0.39 is 39.7 Å². The molecular formula is C17H24FN3O4S. The second-order valence-corrected chi connectivity index (χ2v) is 8.78. The van der Waals surface area contributed by atoms with E-state index in [1.807, 2.05) is 6.92 Å². The molecule has 1 saturated heterocycles. The third kappa shape index (κ3) is 5.42. The number of hydrogen-bond donors (Lipinski definition) is 3. The summed E-state index contributed by atoms with van der Waals surface area (Å²) in [6.07, 6.45) is 0.971. The summed E-state index contributed by atoms with van der Waals surface area (Å²) in [7, 11) is -3.12. The minimum Gasteiger partial charge on any atom is -0.334 e. The first-order valence-corrected chi connectivity index (χ1v) is 10.4. The van der Waals surface area contributed by atoms with Gasteiger partial charge in [0.1, 0.15) is 11.9 Å². The van der Waals surface area contributed by atoms with Gasteiger partial charge in [0, 0.05) is 6.04 Å². The fourth-order valence-corrected chi connectivity index (χ4v) is 4.43. The van der Waals surface area contributed by atoms with Crippen LogP contribution in [0, 0.1) is 11.7 Å². The Morgan fingerprint density at radius 1 is 1.31 bits per heavy atom. The van der Waals surface area contributed by atoms with Crippen molar-refractivity contribution in [2.24, 2.45) is 5.92 Å².